The molecule has 2 heterocycles. The molecule has 0 saturated heterocycles. The van der Waals surface area contributed by atoms with Gasteiger partial charge in [0.1, 0.15) is 11.3 Å². The van der Waals surface area contributed by atoms with Gasteiger partial charge in [-0.15, -0.1) is 35.9 Å². The van der Waals surface area contributed by atoms with Gasteiger partial charge in [-0.25, -0.2) is 0 Å². The molecule has 0 bridgehead atoms. The second-order valence-electron chi connectivity index (χ2n) is 7.78. The van der Waals surface area contributed by atoms with Gasteiger partial charge in [-0.1, -0.05) is 60.7 Å². The Morgan fingerprint density at radius 3 is 2.09 bits per heavy atom. The summed E-state index contributed by atoms with van der Waals surface area (Å²) in [7, 11) is 0. The number of furan rings is 1. The molecule has 1 N–H and O–H groups in total. The SMILES string of the molecule is CC(=O)/C=C(/C)O.[Ir].[c-]1ccccc1-c1ncc(-c2ccccc2)c2cc(-c3ccccc3)oc12. The zero-order valence-corrected chi connectivity index (χ0v) is 21.8. The van der Waals surface area contributed by atoms with Gasteiger partial charge in [0.05, 0.1) is 5.76 Å². The molecular formula is C30H24IrNO3-. The first-order valence-corrected chi connectivity index (χ1v) is 10.9. The van der Waals surface area contributed by atoms with E-state index < -0.39 is 0 Å². The van der Waals surface area contributed by atoms with E-state index in [2.05, 4.69) is 36.4 Å². The van der Waals surface area contributed by atoms with Gasteiger partial charge in [-0.2, -0.15) is 0 Å². The molecule has 5 rings (SSSR count). The molecular weight excluding hydrogens is 615 g/mol. The van der Waals surface area contributed by atoms with Crippen LogP contribution in [0.15, 0.2) is 113 Å². The number of benzene rings is 3. The molecule has 0 fully saturated rings. The summed E-state index contributed by atoms with van der Waals surface area (Å²) in [5.74, 6) is 0.778. The van der Waals surface area contributed by atoms with Gasteiger partial charge in [0.25, 0.3) is 0 Å². The van der Waals surface area contributed by atoms with Gasteiger partial charge in [-0.05, 0) is 25.5 Å². The van der Waals surface area contributed by atoms with Crippen molar-refractivity contribution in [2.45, 2.75) is 13.8 Å². The minimum Gasteiger partial charge on any atom is -0.512 e. The van der Waals surface area contributed by atoms with E-state index in [9.17, 15) is 4.79 Å². The van der Waals surface area contributed by atoms with Gasteiger partial charge >= 0.3 is 0 Å². The number of aliphatic hydroxyl groups excluding tert-OH is 1. The average molecular weight is 639 g/mol. The minimum absolute atomic E-state index is 0. The summed E-state index contributed by atoms with van der Waals surface area (Å²) in [6, 6.07) is 33.7. The van der Waals surface area contributed by atoms with Crippen LogP contribution in [0.4, 0.5) is 0 Å². The second-order valence-corrected chi connectivity index (χ2v) is 7.78. The van der Waals surface area contributed by atoms with Crippen molar-refractivity contribution in [1.82, 2.24) is 4.98 Å². The van der Waals surface area contributed by atoms with E-state index in [0.29, 0.717) is 0 Å². The monoisotopic (exact) mass is 639 g/mol. The Labute approximate surface area is 218 Å². The summed E-state index contributed by atoms with van der Waals surface area (Å²) in [4.78, 5) is 14.8. The molecule has 0 atom stereocenters. The summed E-state index contributed by atoms with van der Waals surface area (Å²) >= 11 is 0. The number of pyridine rings is 1. The number of rotatable bonds is 4. The largest absolute Gasteiger partial charge is 0.512 e. The number of aliphatic hydroxyl groups is 1. The summed E-state index contributed by atoms with van der Waals surface area (Å²) in [6.45, 7) is 2.85. The Morgan fingerprint density at radius 1 is 0.914 bits per heavy atom. The van der Waals surface area contributed by atoms with Crippen LogP contribution in [0.5, 0.6) is 0 Å². The summed E-state index contributed by atoms with van der Waals surface area (Å²) < 4.78 is 6.32. The van der Waals surface area contributed by atoms with Crippen LogP contribution in [0.3, 0.4) is 0 Å². The summed E-state index contributed by atoms with van der Waals surface area (Å²) in [5.41, 5.74) is 5.77. The fourth-order valence-corrected chi connectivity index (χ4v) is 3.64. The Bertz CT molecular complexity index is 1350. The Morgan fingerprint density at radius 2 is 1.54 bits per heavy atom. The number of nitrogens with zero attached hydrogens (tertiary/aromatic N) is 1. The van der Waals surface area contributed by atoms with Crippen LogP contribution in [0.1, 0.15) is 13.8 Å². The molecule has 2 aromatic heterocycles. The van der Waals surface area contributed by atoms with Crippen molar-refractivity contribution < 1.29 is 34.4 Å². The fraction of sp³-hybridized carbons (Fsp3) is 0.0667. The fourth-order valence-electron chi connectivity index (χ4n) is 3.64. The van der Waals surface area contributed by atoms with Crippen LogP contribution in [-0.2, 0) is 24.9 Å². The van der Waals surface area contributed by atoms with Crippen LogP contribution in [-0.4, -0.2) is 15.9 Å². The molecule has 0 aliphatic carbocycles. The number of hydrogen-bond acceptors (Lipinski definition) is 4. The third-order valence-corrected chi connectivity index (χ3v) is 5.08. The first-order valence-electron chi connectivity index (χ1n) is 10.9. The van der Waals surface area contributed by atoms with Crippen LogP contribution >= 0.6 is 0 Å². The Hall–Kier alpha value is -3.79. The summed E-state index contributed by atoms with van der Waals surface area (Å²) in [5, 5.41) is 9.42. The van der Waals surface area contributed by atoms with Crippen molar-refractivity contribution in [2.24, 2.45) is 0 Å². The molecule has 3 aromatic carbocycles. The number of carbonyl (C=O) groups is 1. The first kappa shape index (κ1) is 25.8. The van der Waals surface area contributed by atoms with Gasteiger partial charge in [0.15, 0.2) is 5.78 Å². The van der Waals surface area contributed by atoms with Gasteiger partial charge < -0.3 is 14.5 Å². The number of allylic oxidation sites excluding steroid dienone is 2. The van der Waals surface area contributed by atoms with Gasteiger partial charge in [0, 0.05) is 54.6 Å². The first-order chi connectivity index (χ1) is 16.5. The van der Waals surface area contributed by atoms with Crippen LogP contribution in [0.2, 0.25) is 0 Å². The van der Waals surface area contributed by atoms with Crippen LogP contribution in [0, 0.1) is 6.07 Å². The molecule has 177 valence electrons. The molecule has 5 heteroatoms. The maximum Gasteiger partial charge on any atom is 0.155 e. The molecule has 0 saturated carbocycles. The maximum absolute atomic E-state index is 10.0. The summed E-state index contributed by atoms with van der Waals surface area (Å²) in [6.07, 6.45) is 3.10. The van der Waals surface area contributed by atoms with Gasteiger partial charge in [0.2, 0.25) is 0 Å². The molecule has 0 spiro atoms. The van der Waals surface area contributed by atoms with E-state index in [0.717, 1.165) is 44.7 Å². The molecule has 0 amide bonds. The normalized spacial score (nSPS) is 10.7. The molecule has 0 aliphatic rings. The minimum atomic E-state index is -0.125. The van der Waals surface area contributed by atoms with E-state index in [1.165, 1.54) is 19.9 Å². The third-order valence-electron chi connectivity index (χ3n) is 5.08. The molecule has 1 radical (unpaired) electrons. The number of fused-ring (bicyclic) bond motifs is 1. The van der Waals surface area contributed by atoms with Crippen molar-refractivity contribution in [1.29, 1.82) is 0 Å². The zero-order valence-electron chi connectivity index (χ0n) is 19.4. The van der Waals surface area contributed by atoms with E-state index in [-0.39, 0.29) is 31.6 Å². The van der Waals surface area contributed by atoms with Crippen LogP contribution in [0.25, 0.3) is 44.7 Å². The number of carbonyl (C=O) groups excluding carboxylic acids is 1. The Balaban J connectivity index is 0.000000378. The van der Waals surface area contributed by atoms with Crippen molar-refractivity contribution in [2.75, 3.05) is 0 Å². The van der Waals surface area contributed by atoms with E-state index in [1.54, 1.807) is 0 Å². The molecule has 0 unspecified atom stereocenters. The molecule has 0 aliphatic heterocycles. The average Bonchev–Trinajstić information content (AvgIpc) is 3.30. The van der Waals surface area contributed by atoms with Crippen molar-refractivity contribution in [3.63, 3.8) is 0 Å². The maximum atomic E-state index is 10.0. The second kappa shape index (κ2) is 12.1. The number of ketones is 1. The predicted octanol–water partition coefficient (Wildman–Crippen LogP) is 7.66. The van der Waals surface area contributed by atoms with E-state index >= 15 is 0 Å². The number of aromatic nitrogens is 1. The topological polar surface area (TPSA) is 63.3 Å². The van der Waals surface area contributed by atoms with Crippen LogP contribution < -0.4 is 0 Å². The molecule has 35 heavy (non-hydrogen) atoms. The van der Waals surface area contributed by atoms with Gasteiger partial charge in [-0.3, -0.25) is 4.79 Å². The van der Waals surface area contributed by atoms with Crippen molar-refractivity contribution >= 4 is 16.8 Å². The predicted molar refractivity (Wildman–Crippen MR) is 136 cm³/mol. The third kappa shape index (κ3) is 6.42. The smallest absolute Gasteiger partial charge is 0.155 e. The van der Waals surface area contributed by atoms with Crippen molar-refractivity contribution in [3.05, 3.63) is 115 Å². The van der Waals surface area contributed by atoms with E-state index in [1.807, 2.05) is 66.9 Å². The van der Waals surface area contributed by atoms with Crippen molar-refractivity contribution in [3.8, 4) is 33.7 Å². The quantitative estimate of drug-likeness (QED) is 0.125. The molecule has 5 aromatic rings. The standard InChI is InChI=1S/C25H16NO.C5H8O2.Ir/c1-4-10-18(11-5-1)22-17-26-24(20-14-8-3-9-15-20)25-21(22)16-23(27-25)19-12-6-2-7-13-19;1-4(6)3-5(2)7;/h1-14,16-17H;3,6H,1-2H3;/q-1;;/b;4-3-;. The Kier molecular flexibility index (Phi) is 8.91. The molecule has 4 nitrogen and oxygen atoms in total. The van der Waals surface area contributed by atoms with E-state index in [4.69, 9.17) is 14.5 Å². The zero-order chi connectivity index (χ0) is 23.9. The number of hydrogen-bond donors (Lipinski definition) is 1.